The van der Waals surface area contributed by atoms with Gasteiger partial charge in [0.25, 0.3) is 0 Å². The maximum absolute atomic E-state index is 10.9. The minimum atomic E-state index is -0.285. The van der Waals surface area contributed by atoms with E-state index in [4.69, 9.17) is 0 Å². The molecule has 2 N–H and O–H groups in total. The van der Waals surface area contributed by atoms with Crippen molar-refractivity contribution in [3.8, 4) is 0 Å². The van der Waals surface area contributed by atoms with E-state index >= 15 is 0 Å². The smallest absolute Gasteiger partial charge is 0.221 e. The number of rotatable bonds is 1. The van der Waals surface area contributed by atoms with E-state index in [1.54, 1.807) is 0 Å². The van der Waals surface area contributed by atoms with Crippen LogP contribution in [0.25, 0.3) is 0 Å². The number of aliphatic hydroxyl groups is 1. The Morgan fingerprint density at radius 1 is 1.50 bits per heavy atom. The van der Waals surface area contributed by atoms with E-state index < -0.39 is 0 Å². The SMILES string of the molecule is CC(=O)Nc1ccc2c(c1)[C@@H](C)C(O)C2.[Ac]. The van der Waals surface area contributed by atoms with Crippen molar-refractivity contribution in [2.75, 3.05) is 5.32 Å². The normalized spacial score (nSPS) is 22.2. The Morgan fingerprint density at radius 2 is 2.19 bits per heavy atom. The summed E-state index contributed by atoms with van der Waals surface area (Å²) in [5, 5.41) is 12.5. The van der Waals surface area contributed by atoms with Crippen LogP contribution in [-0.4, -0.2) is 17.1 Å². The van der Waals surface area contributed by atoms with E-state index in [0.29, 0.717) is 0 Å². The van der Waals surface area contributed by atoms with Gasteiger partial charge >= 0.3 is 0 Å². The van der Waals surface area contributed by atoms with E-state index in [-0.39, 0.29) is 62.0 Å². The first kappa shape index (κ1) is 14.2. The molecule has 0 fully saturated rings. The molecule has 3 nitrogen and oxygen atoms in total. The fraction of sp³-hybridized carbons (Fsp3) is 0.417. The molecule has 0 saturated carbocycles. The number of nitrogens with one attached hydrogen (secondary N) is 1. The fourth-order valence-electron chi connectivity index (χ4n) is 2.10. The summed E-state index contributed by atoms with van der Waals surface area (Å²) >= 11 is 0. The molecule has 0 aromatic heterocycles. The zero-order valence-electron chi connectivity index (χ0n) is 9.53. The van der Waals surface area contributed by atoms with Crippen LogP contribution in [0.1, 0.15) is 30.9 Å². The summed E-state index contributed by atoms with van der Waals surface area (Å²) in [7, 11) is 0. The molecule has 1 aliphatic rings. The minimum absolute atomic E-state index is 0. The standard InChI is InChI=1S/C12H15NO2.Ac/c1-7-11-6-10(13-8(2)14)4-3-9(11)5-12(7)15;/h3-4,6-7,12,15H,5H2,1-2H3,(H,13,14);/t7-,12?;/m1./s1. The van der Waals surface area contributed by atoms with Crippen LogP contribution in [0.4, 0.5) is 5.69 Å². The Balaban J connectivity index is 0.00000128. The van der Waals surface area contributed by atoms with Crippen molar-refractivity contribution in [2.45, 2.75) is 32.3 Å². The Hall–Kier alpha value is 0.0916. The maximum atomic E-state index is 10.9. The molecule has 83 valence electrons. The first-order chi connectivity index (χ1) is 7.08. The van der Waals surface area contributed by atoms with Gasteiger partial charge in [-0.3, -0.25) is 4.79 Å². The zero-order chi connectivity index (χ0) is 11.0. The van der Waals surface area contributed by atoms with Gasteiger partial charge in [-0.15, -0.1) is 0 Å². The summed E-state index contributed by atoms with van der Waals surface area (Å²) < 4.78 is 0. The molecule has 1 amide bonds. The Morgan fingerprint density at radius 3 is 2.81 bits per heavy atom. The third-order valence-corrected chi connectivity index (χ3v) is 2.96. The quantitative estimate of drug-likeness (QED) is 0.710. The van der Waals surface area contributed by atoms with Crippen LogP contribution in [0, 0.1) is 44.1 Å². The van der Waals surface area contributed by atoms with Crippen LogP contribution in [0.5, 0.6) is 0 Å². The molecule has 2 atom stereocenters. The molecular formula is C12H15AcNO2. The van der Waals surface area contributed by atoms with Crippen molar-refractivity contribution < 1.29 is 54.0 Å². The van der Waals surface area contributed by atoms with Gasteiger partial charge in [0.15, 0.2) is 0 Å². The number of carbonyl (C=O) groups is 1. The van der Waals surface area contributed by atoms with Crippen molar-refractivity contribution in [3.63, 3.8) is 0 Å². The third-order valence-electron chi connectivity index (χ3n) is 2.96. The Kier molecular flexibility index (Phi) is 4.97. The molecule has 1 aromatic carbocycles. The summed E-state index contributed by atoms with van der Waals surface area (Å²) in [5.74, 6) is 0.0925. The van der Waals surface area contributed by atoms with Gasteiger partial charge in [-0.2, -0.15) is 0 Å². The largest absolute Gasteiger partial charge is 0.392 e. The molecule has 1 radical (unpaired) electrons. The number of benzene rings is 1. The van der Waals surface area contributed by atoms with Crippen molar-refractivity contribution in [3.05, 3.63) is 29.3 Å². The van der Waals surface area contributed by atoms with Gasteiger partial charge in [-0.05, 0) is 29.7 Å². The molecular weight excluding hydrogens is 417 g/mol. The van der Waals surface area contributed by atoms with E-state index in [1.165, 1.54) is 12.5 Å². The summed E-state index contributed by atoms with van der Waals surface area (Å²) in [6.07, 6.45) is 0.434. The molecule has 4 heteroatoms. The van der Waals surface area contributed by atoms with Gasteiger partial charge in [0, 0.05) is 62.6 Å². The monoisotopic (exact) mass is 432 g/mol. The van der Waals surface area contributed by atoms with Gasteiger partial charge in [0.2, 0.25) is 5.91 Å². The summed E-state index contributed by atoms with van der Waals surface area (Å²) in [4.78, 5) is 10.9. The van der Waals surface area contributed by atoms with Crippen LogP contribution in [0.15, 0.2) is 18.2 Å². The molecule has 1 aromatic rings. The third kappa shape index (κ3) is 2.85. The van der Waals surface area contributed by atoms with E-state index in [1.807, 2.05) is 25.1 Å². The van der Waals surface area contributed by atoms with E-state index in [2.05, 4.69) is 5.32 Å². The summed E-state index contributed by atoms with van der Waals surface area (Å²) in [5.41, 5.74) is 3.14. The predicted octanol–water partition coefficient (Wildman–Crippen LogP) is 1.67. The molecule has 2 rings (SSSR count). The van der Waals surface area contributed by atoms with E-state index in [0.717, 1.165) is 17.7 Å². The number of anilines is 1. The van der Waals surface area contributed by atoms with Crippen LogP contribution in [0.3, 0.4) is 0 Å². The van der Waals surface area contributed by atoms with Gasteiger partial charge < -0.3 is 10.4 Å². The Bertz CT molecular complexity index is 406. The second-order valence-electron chi connectivity index (χ2n) is 4.15. The predicted molar refractivity (Wildman–Crippen MR) is 58.9 cm³/mol. The van der Waals surface area contributed by atoms with Crippen LogP contribution in [-0.2, 0) is 11.2 Å². The van der Waals surface area contributed by atoms with Gasteiger partial charge in [-0.25, -0.2) is 0 Å². The first-order valence-electron chi connectivity index (χ1n) is 5.16. The second-order valence-corrected chi connectivity index (χ2v) is 4.15. The minimum Gasteiger partial charge on any atom is -0.392 e. The zero-order valence-corrected chi connectivity index (χ0v) is 14.3. The van der Waals surface area contributed by atoms with E-state index in [9.17, 15) is 9.90 Å². The number of amides is 1. The van der Waals surface area contributed by atoms with Crippen molar-refractivity contribution in [1.29, 1.82) is 0 Å². The molecule has 1 aliphatic carbocycles. The van der Waals surface area contributed by atoms with Crippen LogP contribution in [0.2, 0.25) is 0 Å². The average Bonchev–Trinajstić information content (AvgIpc) is 2.43. The van der Waals surface area contributed by atoms with Crippen molar-refractivity contribution in [2.24, 2.45) is 0 Å². The molecule has 0 spiro atoms. The second kappa shape index (κ2) is 5.62. The number of aliphatic hydroxyl groups excluding tert-OH is 1. The number of carbonyl (C=O) groups excluding carboxylic acids is 1. The Labute approximate surface area is 131 Å². The molecule has 0 bridgehead atoms. The van der Waals surface area contributed by atoms with Crippen molar-refractivity contribution >= 4 is 11.6 Å². The molecule has 0 heterocycles. The molecule has 16 heavy (non-hydrogen) atoms. The number of hydrogen-bond donors (Lipinski definition) is 2. The van der Waals surface area contributed by atoms with Gasteiger partial charge in [0.05, 0.1) is 6.10 Å². The number of fused-ring (bicyclic) bond motifs is 1. The average molecular weight is 432 g/mol. The summed E-state index contributed by atoms with van der Waals surface area (Å²) in [6, 6.07) is 5.82. The fourth-order valence-corrected chi connectivity index (χ4v) is 2.10. The number of hydrogen-bond acceptors (Lipinski definition) is 2. The van der Waals surface area contributed by atoms with Crippen LogP contribution < -0.4 is 5.32 Å². The van der Waals surface area contributed by atoms with Crippen LogP contribution >= 0.6 is 0 Å². The molecule has 0 aliphatic heterocycles. The van der Waals surface area contributed by atoms with Crippen molar-refractivity contribution in [1.82, 2.24) is 0 Å². The molecule has 1 unspecified atom stereocenters. The first-order valence-corrected chi connectivity index (χ1v) is 5.16. The topological polar surface area (TPSA) is 49.3 Å². The van der Waals surface area contributed by atoms with Gasteiger partial charge in [-0.1, -0.05) is 13.0 Å². The molecule has 0 saturated heterocycles. The van der Waals surface area contributed by atoms with Gasteiger partial charge in [0.1, 0.15) is 0 Å². The summed E-state index contributed by atoms with van der Waals surface area (Å²) in [6.45, 7) is 3.50. The maximum Gasteiger partial charge on any atom is 0.221 e.